The summed E-state index contributed by atoms with van der Waals surface area (Å²) in [5.41, 5.74) is 2.01. The maximum absolute atomic E-state index is 12.2. The van der Waals surface area contributed by atoms with E-state index in [1.165, 1.54) is 0 Å². The largest absolute Gasteiger partial charge is 0.490 e. The van der Waals surface area contributed by atoms with E-state index in [-0.39, 0.29) is 0 Å². The molecule has 2 amide bonds. The van der Waals surface area contributed by atoms with E-state index < -0.39 is 11.8 Å². The molecule has 2 N–H and O–H groups in total. The van der Waals surface area contributed by atoms with Gasteiger partial charge in [0.2, 0.25) is 0 Å². The Morgan fingerprint density at radius 3 is 2.23 bits per heavy atom. The maximum atomic E-state index is 12.2. The summed E-state index contributed by atoms with van der Waals surface area (Å²) < 4.78 is 11.7. The van der Waals surface area contributed by atoms with Crippen LogP contribution in [0.3, 0.4) is 0 Å². The van der Waals surface area contributed by atoms with Crippen LogP contribution >= 0.6 is 15.9 Å². The van der Waals surface area contributed by atoms with Crippen LogP contribution in [0.4, 0.5) is 11.4 Å². The fraction of sp³-hybridized carbons (Fsp3) is 0.263. The third-order valence-corrected chi connectivity index (χ3v) is 4.04. The van der Waals surface area contributed by atoms with Gasteiger partial charge in [0.1, 0.15) is 0 Å². The minimum atomic E-state index is -0.774. The van der Waals surface area contributed by atoms with Crippen molar-refractivity contribution in [2.45, 2.75) is 20.8 Å². The fourth-order valence-electron chi connectivity index (χ4n) is 2.22. The first-order chi connectivity index (χ1) is 12.4. The average molecular weight is 421 g/mol. The summed E-state index contributed by atoms with van der Waals surface area (Å²) in [5, 5.41) is 5.13. The second-order valence-corrected chi connectivity index (χ2v) is 6.27. The van der Waals surface area contributed by atoms with Crippen LogP contribution in [0.15, 0.2) is 40.9 Å². The van der Waals surface area contributed by atoms with Crippen molar-refractivity contribution in [2.24, 2.45) is 0 Å². The molecule has 0 aromatic heterocycles. The van der Waals surface area contributed by atoms with Gasteiger partial charge in [0.05, 0.1) is 18.9 Å². The van der Waals surface area contributed by atoms with Crippen LogP contribution in [-0.4, -0.2) is 25.0 Å². The van der Waals surface area contributed by atoms with Gasteiger partial charge in [-0.3, -0.25) is 9.59 Å². The zero-order valence-corrected chi connectivity index (χ0v) is 16.5. The van der Waals surface area contributed by atoms with Gasteiger partial charge in [-0.15, -0.1) is 0 Å². The second-order valence-electron chi connectivity index (χ2n) is 5.42. The third-order valence-electron chi connectivity index (χ3n) is 3.38. The number of rotatable bonds is 6. The molecule has 0 atom stereocenters. The molecule has 0 aliphatic heterocycles. The Morgan fingerprint density at radius 1 is 0.923 bits per heavy atom. The summed E-state index contributed by atoms with van der Waals surface area (Å²) in [5.74, 6) is -0.445. The number of ether oxygens (including phenoxy) is 2. The molecule has 2 aromatic carbocycles. The van der Waals surface area contributed by atoms with Crippen LogP contribution in [0.5, 0.6) is 11.5 Å². The first-order valence-corrected chi connectivity index (χ1v) is 9.02. The second kappa shape index (κ2) is 9.24. The molecule has 7 heteroatoms. The molecule has 0 bridgehead atoms. The van der Waals surface area contributed by atoms with Crippen molar-refractivity contribution in [1.29, 1.82) is 0 Å². The van der Waals surface area contributed by atoms with Gasteiger partial charge in [0, 0.05) is 16.2 Å². The Labute approximate surface area is 161 Å². The molecule has 0 unspecified atom stereocenters. The smallest absolute Gasteiger partial charge is 0.314 e. The summed E-state index contributed by atoms with van der Waals surface area (Å²) in [7, 11) is 0. The number of hydrogen-bond donors (Lipinski definition) is 2. The molecule has 0 radical (unpaired) electrons. The number of hydrogen-bond acceptors (Lipinski definition) is 4. The number of carbonyl (C=O) groups is 2. The number of carbonyl (C=O) groups excluding carboxylic acids is 2. The number of amides is 2. The highest BCUT2D eigenvalue weighted by atomic mass is 79.9. The molecule has 0 heterocycles. The van der Waals surface area contributed by atoms with Gasteiger partial charge >= 0.3 is 11.8 Å². The van der Waals surface area contributed by atoms with Crippen molar-refractivity contribution in [2.75, 3.05) is 23.8 Å². The minimum Gasteiger partial charge on any atom is -0.490 e. The van der Waals surface area contributed by atoms with Gasteiger partial charge in [-0.1, -0.05) is 6.07 Å². The highest BCUT2D eigenvalue weighted by Gasteiger charge is 2.16. The van der Waals surface area contributed by atoms with E-state index in [9.17, 15) is 9.59 Å². The van der Waals surface area contributed by atoms with E-state index in [1.807, 2.05) is 32.9 Å². The van der Waals surface area contributed by atoms with Crippen LogP contribution in [-0.2, 0) is 9.59 Å². The molecular weight excluding hydrogens is 400 g/mol. The van der Waals surface area contributed by atoms with E-state index in [1.54, 1.807) is 24.3 Å². The van der Waals surface area contributed by atoms with Crippen LogP contribution in [0.1, 0.15) is 19.4 Å². The van der Waals surface area contributed by atoms with Crippen molar-refractivity contribution >= 4 is 39.1 Å². The quantitative estimate of drug-likeness (QED) is 0.688. The monoisotopic (exact) mass is 420 g/mol. The van der Waals surface area contributed by atoms with Gasteiger partial charge in [0.25, 0.3) is 0 Å². The highest BCUT2D eigenvalue weighted by Crippen LogP contribution is 2.30. The van der Waals surface area contributed by atoms with Gasteiger partial charge < -0.3 is 20.1 Å². The van der Waals surface area contributed by atoms with Crippen molar-refractivity contribution < 1.29 is 19.1 Å². The summed E-state index contributed by atoms with van der Waals surface area (Å²) in [4.78, 5) is 24.3. The summed E-state index contributed by atoms with van der Waals surface area (Å²) in [6, 6.07) is 10.4. The SMILES string of the molecule is CCOc1ccc(NC(=O)C(=O)Nc2ccc(C)cc2Br)cc1OCC. The van der Waals surface area contributed by atoms with Crippen LogP contribution in [0, 0.1) is 6.92 Å². The Morgan fingerprint density at radius 2 is 1.58 bits per heavy atom. The first kappa shape index (κ1) is 19.8. The summed E-state index contributed by atoms with van der Waals surface area (Å²) in [6.45, 7) is 6.62. The lowest BCUT2D eigenvalue weighted by atomic mass is 10.2. The van der Waals surface area contributed by atoms with Crippen LogP contribution in [0.2, 0.25) is 0 Å². The molecule has 6 nitrogen and oxygen atoms in total. The van der Waals surface area contributed by atoms with E-state index in [0.29, 0.717) is 40.6 Å². The Bertz CT molecular complexity index is 808. The van der Waals surface area contributed by atoms with E-state index in [2.05, 4.69) is 26.6 Å². The van der Waals surface area contributed by atoms with Gasteiger partial charge in [-0.25, -0.2) is 0 Å². The predicted octanol–water partition coefficient (Wildman–Crippen LogP) is 4.13. The van der Waals surface area contributed by atoms with Crippen molar-refractivity contribution in [3.05, 3.63) is 46.4 Å². The van der Waals surface area contributed by atoms with Crippen LogP contribution in [0.25, 0.3) is 0 Å². The van der Waals surface area contributed by atoms with Gasteiger partial charge in [-0.05, 0) is 66.5 Å². The molecule has 0 saturated heterocycles. The van der Waals surface area contributed by atoms with Crippen molar-refractivity contribution in [3.8, 4) is 11.5 Å². The topological polar surface area (TPSA) is 76.7 Å². The third kappa shape index (κ3) is 5.23. The maximum Gasteiger partial charge on any atom is 0.314 e. The van der Waals surface area contributed by atoms with Crippen molar-refractivity contribution in [1.82, 2.24) is 0 Å². The molecule has 138 valence electrons. The molecular formula is C19H21BrN2O4. The number of aryl methyl sites for hydroxylation is 1. The molecule has 26 heavy (non-hydrogen) atoms. The molecule has 0 aliphatic carbocycles. The highest BCUT2D eigenvalue weighted by molar-refractivity contribution is 9.10. The number of benzene rings is 2. The minimum absolute atomic E-state index is 0.444. The molecule has 0 fully saturated rings. The molecule has 2 aromatic rings. The molecule has 0 saturated carbocycles. The zero-order chi connectivity index (χ0) is 19.1. The predicted molar refractivity (Wildman–Crippen MR) is 105 cm³/mol. The van der Waals surface area contributed by atoms with E-state index in [4.69, 9.17) is 9.47 Å². The molecule has 2 rings (SSSR count). The fourth-order valence-corrected chi connectivity index (χ4v) is 2.81. The van der Waals surface area contributed by atoms with Crippen molar-refractivity contribution in [3.63, 3.8) is 0 Å². The van der Waals surface area contributed by atoms with Gasteiger partial charge in [0.15, 0.2) is 11.5 Å². The Hall–Kier alpha value is -2.54. The van der Waals surface area contributed by atoms with Gasteiger partial charge in [-0.2, -0.15) is 0 Å². The summed E-state index contributed by atoms with van der Waals surface area (Å²) in [6.07, 6.45) is 0. The van der Waals surface area contributed by atoms with Crippen LogP contribution < -0.4 is 20.1 Å². The lowest BCUT2D eigenvalue weighted by molar-refractivity contribution is -0.133. The number of anilines is 2. The number of nitrogens with one attached hydrogen (secondary N) is 2. The van der Waals surface area contributed by atoms with E-state index >= 15 is 0 Å². The first-order valence-electron chi connectivity index (χ1n) is 8.22. The average Bonchev–Trinajstić information content (AvgIpc) is 2.60. The summed E-state index contributed by atoms with van der Waals surface area (Å²) >= 11 is 3.36. The number of halogens is 1. The molecule has 0 spiro atoms. The Kier molecular flexibility index (Phi) is 7.03. The normalized spacial score (nSPS) is 10.2. The standard InChI is InChI=1S/C19H21BrN2O4/c1-4-25-16-9-7-13(11-17(16)26-5-2)21-18(23)19(24)22-15-8-6-12(3)10-14(15)20/h6-11H,4-5H2,1-3H3,(H,21,23)(H,22,24). The van der Waals surface area contributed by atoms with E-state index in [0.717, 1.165) is 5.56 Å². The molecule has 0 aliphatic rings. The lowest BCUT2D eigenvalue weighted by Gasteiger charge is -2.13. The zero-order valence-electron chi connectivity index (χ0n) is 14.9. The lowest BCUT2D eigenvalue weighted by Crippen LogP contribution is -2.29. The Balaban J connectivity index is 2.08.